The Kier molecular flexibility index (Phi) is 5.35. The molecule has 1 aromatic rings. The lowest BCUT2D eigenvalue weighted by atomic mass is 10.0. The third kappa shape index (κ3) is 3.70. The number of aromatic nitrogens is 1. The Morgan fingerprint density at radius 1 is 1.60 bits per heavy atom. The number of hydrogen-bond donors (Lipinski definition) is 2. The number of pyridine rings is 1. The number of anilines is 1. The zero-order valence-electron chi connectivity index (χ0n) is 12.2. The number of nitrogens with zero attached hydrogens (tertiary/aromatic N) is 1. The molecule has 2 rings (SSSR count). The van der Waals surface area contributed by atoms with E-state index in [9.17, 15) is 4.79 Å². The Balaban J connectivity index is 2.00. The van der Waals surface area contributed by atoms with Gasteiger partial charge in [-0.05, 0) is 25.8 Å². The Hall–Kier alpha value is -1.62. The molecule has 0 bridgehead atoms. The second kappa shape index (κ2) is 7.24. The van der Waals surface area contributed by atoms with Crippen LogP contribution in [0.3, 0.4) is 0 Å². The van der Waals surface area contributed by atoms with Crippen molar-refractivity contribution in [3.05, 3.63) is 24.0 Å². The predicted molar refractivity (Wildman–Crippen MR) is 78.9 cm³/mol. The molecule has 5 nitrogen and oxygen atoms in total. The minimum absolute atomic E-state index is 0.0506. The van der Waals surface area contributed by atoms with Crippen LogP contribution in [0.2, 0.25) is 0 Å². The van der Waals surface area contributed by atoms with Crippen LogP contribution < -0.4 is 10.6 Å². The number of nitrogens with one attached hydrogen (secondary N) is 2. The second-order valence-electron chi connectivity index (χ2n) is 5.23. The van der Waals surface area contributed by atoms with Crippen LogP contribution in [0.5, 0.6) is 0 Å². The predicted octanol–water partition coefficient (Wildman–Crippen LogP) is 2.06. The Labute approximate surface area is 120 Å². The van der Waals surface area contributed by atoms with Crippen molar-refractivity contribution < 1.29 is 9.53 Å². The van der Waals surface area contributed by atoms with Crippen molar-refractivity contribution in [1.82, 2.24) is 10.3 Å². The van der Waals surface area contributed by atoms with Gasteiger partial charge in [0, 0.05) is 31.3 Å². The van der Waals surface area contributed by atoms with Crippen LogP contribution in [0.25, 0.3) is 0 Å². The van der Waals surface area contributed by atoms with E-state index in [1.807, 2.05) is 6.92 Å². The lowest BCUT2D eigenvalue weighted by Crippen LogP contribution is -2.38. The van der Waals surface area contributed by atoms with Gasteiger partial charge in [-0.2, -0.15) is 0 Å². The number of amides is 1. The first kappa shape index (κ1) is 14.8. The van der Waals surface area contributed by atoms with Gasteiger partial charge in [-0.1, -0.05) is 6.92 Å². The summed E-state index contributed by atoms with van der Waals surface area (Å²) < 4.78 is 5.37. The first-order valence-electron chi connectivity index (χ1n) is 7.29. The van der Waals surface area contributed by atoms with Gasteiger partial charge in [0.15, 0.2) is 0 Å². The van der Waals surface area contributed by atoms with E-state index in [4.69, 9.17) is 4.74 Å². The molecule has 0 saturated carbocycles. The van der Waals surface area contributed by atoms with E-state index in [1.165, 1.54) is 0 Å². The summed E-state index contributed by atoms with van der Waals surface area (Å²) in [6.45, 7) is 6.49. The number of hydrogen-bond acceptors (Lipinski definition) is 4. The van der Waals surface area contributed by atoms with Crippen molar-refractivity contribution in [2.75, 3.05) is 25.1 Å². The molecular weight excluding hydrogens is 254 g/mol. The maximum Gasteiger partial charge on any atom is 0.253 e. The first-order chi connectivity index (χ1) is 9.72. The Morgan fingerprint density at radius 2 is 2.45 bits per heavy atom. The van der Waals surface area contributed by atoms with Crippen LogP contribution in [-0.4, -0.2) is 36.7 Å². The molecule has 1 fully saturated rings. The topological polar surface area (TPSA) is 63.2 Å². The summed E-state index contributed by atoms with van der Waals surface area (Å²) in [5, 5.41) is 6.31. The third-order valence-corrected chi connectivity index (χ3v) is 3.66. The zero-order chi connectivity index (χ0) is 14.4. The van der Waals surface area contributed by atoms with Crippen LogP contribution in [0.15, 0.2) is 18.5 Å². The van der Waals surface area contributed by atoms with E-state index in [0.717, 1.165) is 38.3 Å². The SMILES string of the molecule is CCCNc1cnccc1C(=O)NC(C)C1CCOC1. The molecule has 110 valence electrons. The minimum Gasteiger partial charge on any atom is -0.383 e. The highest BCUT2D eigenvalue weighted by atomic mass is 16.5. The number of ether oxygens (including phenoxy) is 1. The maximum absolute atomic E-state index is 12.4. The zero-order valence-corrected chi connectivity index (χ0v) is 12.2. The van der Waals surface area contributed by atoms with E-state index in [-0.39, 0.29) is 11.9 Å². The average Bonchev–Trinajstić information content (AvgIpc) is 2.99. The van der Waals surface area contributed by atoms with E-state index in [0.29, 0.717) is 11.5 Å². The van der Waals surface area contributed by atoms with Crippen molar-refractivity contribution in [3.8, 4) is 0 Å². The van der Waals surface area contributed by atoms with Gasteiger partial charge in [0.2, 0.25) is 0 Å². The van der Waals surface area contributed by atoms with Gasteiger partial charge < -0.3 is 15.4 Å². The fourth-order valence-corrected chi connectivity index (χ4v) is 2.34. The summed E-state index contributed by atoms with van der Waals surface area (Å²) in [7, 11) is 0. The molecule has 5 heteroatoms. The quantitative estimate of drug-likeness (QED) is 0.835. The molecule has 1 saturated heterocycles. The lowest BCUT2D eigenvalue weighted by Gasteiger charge is -2.20. The fraction of sp³-hybridized carbons (Fsp3) is 0.600. The molecule has 20 heavy (non-hydrogen) atoms. The second-order valence-corrected chi connectivity index (χ2v) is 5.23. The van der Waals surface area contributed by atoms with E-state index in [2.05, 4.69) is 22.5 Å². The number of carbonyl (C=O) groups excluding carboxylic acids is 1. The van der Waals surface area contributed by atoms with Gasteiger partial charge in [-0.15, -0.1) is 0 Å². The summed E-state index contributed by atoms with van der Waals surface area (Å²) in [6.07, 6.45) is 5.37. The summed E-state index contributed by atoms with van der Waals surface area (Å²) in [6, 6.07) is 1.88. The molecule has 2 atom stereocenters. The molecule has 1 amide bonds. The summed E-state index contributed by atoms with van der Waals surface area (Å²) >= 11 is 0. The maximum atomic E-state index is 12.4. The monoisotopic (exact) mass is 277 g/mol. The standard InChI is InChI=1S/C15H23N3O2/c1-3-6-17-14-9-16-7-4-13(14)15(19)18-11(2)12-5-8-20-10-12/h4,7,9,11-12,17H,3,5-6,8,10H2,1-2H3,(H,18,19). The van der Waals surface area contributed by atoms with Crippen LogP contribution >= 0.6 is 0 Å². The van der Waals surface area contributed by atoms with E-state index in [1.54, 1.807) is 18.5 Å². The average molecular weight is 277 g/mol. The van der Waals surface area contributed by atoms with Gasteiger partial charge in [0.1, 0.15) is 0 Å². The van der Waals surface area contributed by atoms with Crippen LogP contribution in [0, 0.1) is 5.92 Å². The first-order valence-corrected chi connectivity index (χ1v) is 7.29. The molecule has 1 aromatic heterocycles. The van der Waals surface area contributed by atoms with Gasteiger partial charge in [-0.3, -0.25) is 9.78 Å². The van der Waals surface area contributed by atoms with E-state index < -0.39 is 0 Å². The lowest BCUT2D eigenvalue weighted by molar-refractivity contribution is 0.0923. The molecule has 0 radical (unpaired) electrons. The summed E-state index contributed by atoms with van der Waals surface area (Å²) in [5.74, 6) is 0.359. The highest BCUT2D eigenvalue weighted by Gasteiger charge is 2.24. The van der Waals surface area contributed by atoms with Crippen molar-refractivity contribution in [1.29, 1.82) is 0 Å². The molecule has 2 heterocycles. The molecule has 2 unspecified atom stereocenters. The highest BCUT2D eigenvalue weighted by molar-refractivity contribution is 5.99. The Bertz CT molecular complexity index is 444. The molecule has 1 aliphatic heterocycles. The summed E-state index contributed by atoms with van der Waals surface area (Å²) in [4.78, 5) is 16.5. The van der Waals surface area contributed by atoms with Crippen molar-refractivity contribution in [3.63, 3.8) is 0 Å². The van der Waals surface area contributed by atoms with Crippen LogP contribution in [0.1, 0.15) is 37.0 Å². The van der Waals surface area contributed by atoms with E-state index >= 15 is 0 Å². The molecule has 1 aliphatic rings. The normalized spacial score (nSPS) is 19.6. The van der Waals surface area contributed by atoms with Crippen molar-refractivity contribution >= 4 is 11.6 Å². The van der Waals surface area contributed by atoms with Gasteiger partial charge in [0.05, 0.1) is 24.1 Å². The van der Waals surface area contributed by atoms with Crippen LogP contribution in [-0.2, 0) is 4.74 Å². The fourth-order valence-electron chi connectivity index (χ4n) is 2.34. The number of rotatable bonds is 6. The largest absolute Gasteiger partial charge is 0.383 e. The molecule has 0 aliphatic carbocycles. The molecule has 2 N–H and O–H groups in total. The summed E-state index contributed by atoms with van der Waals surface area (Å²) in [5.41, 5.74) is 1.45. The minimum atomic E-state index is -0.0506. The van der Waals surface area contributed by atoms with Gasteiger partial charge >= 0.3 is 0 Å². The smallest absolute Gasteiger partial charge is 0.253 e. The third-order valence-electron chi connectivity index (χ3n) is 3.66. The molecule has 0 spiro atoms. The molecule has 0 aromatic carbocycles. The van der Waals surface area contributed by atoms with Crippen molar-refractivity contribution in [2.45, 2.75) is 32.7 Å². The highest BCUT2D eigenvalue weighted by Crippen LogP contribution is 2.18. The Morgan fingerprint density at radius 3 is 3.15 bits per heavy atom. The van der Waals surface area contributed by atoms with Crippen molar-refractivity contribution in [2.24, 2.45) is 5.92 Å². The number of carbonyl (C=O) groups is 1. The molecular formula is C15H23N3O2. The van der Waals surface area contributed by atoms with Crippen LogP contribution in [0.4, 0.5) is 5.69 Å². The van der Waals surface area contributed by atoms with Gasteiger partial charge in [0.25, 0.3) is 5.91 Å². The van der Waals surface area contributed by atoms with Gasteiger partial charge in [-0.25, -0.2) is 0 Å².